The molecule has 1 aliphatic rings. The minimum atomic E-state index is -1.02. The maximum absolute atomic E-state index is 13.5. The fourth-order valence-corrected chi connectivity index (χ4v) is 3.28. The number of benzene rings is 2. The molecule has 0 aliphatic carbocycles. The van der Waals surface area contributed by atoms with Crippen LogP contribution in [0.3, 0.4) is 0 Å². The van der Waals surface area contributed by atoms with Crippen molar-refractivity contribution in [1.82, 2.24) is 14.9 Å². The molecule has 2 aromatic carbocycles. The Morgan fingerprint density at radius 3 is 2.57 bits per heavy atom. The summed E-state index contributed by atoms with van der Waals surface area (Å²) in [6.07, 6.45) is 0.384. The van der Waals surface area contributed by atoms with Crippen molar-refractivity contribution in [2.45, 2.75) is 13.0 Å². The highest BCUT2D eigenvalue weighted by Gasteiger charge is 2.25. The Hall–Kier alpha value is -3.06. The lowest BCUT2D eigenvalue weighted by Crippen LogP contribution is -2.39. The quantitative estimate of drug-likeness (QED) is 0.714. The summed E-state index contributed by atoms with van der Waals surface area (Å²) in [6, 6.07) is 9.85. The molecule has 1 aromatic heterocycles. The highest BCUT2D eigenvalue weighted by Crippen LogP contribution is 2.22. The van der Waals surface area contributed by atoms with Gasteiger partial charge in [0.15, 0.2) is 11.6 Å². The fourth-order valence-electron chi connectivity index (χ4n) is 3.15. The van der Waals surface area contributed by atoms with E-state index in [0.717, 1.165) is 12.1 Å². The van der Waals surface area contributed by atoms with Crippen LogP contribution < -0.4 is 5.56 Å². The van der Waals surface area contributed by atoms with Crippen LogP contribution in [0.5, 0.6) is 0 Å². The topological polar surface area (TPSA) is 66.1 Å². The number of carbonyl (C=O) groups is 1. The van der Waals surface area contributed by atoms with Crippen LogP contribution in [-0.4, -0.2) is 27.3 Å². The predicted octanol–water partition coefficient (Wildman–Crippen LogP) is 3.57. The van der Waals surface area contributed by atoms with E-state index in [1.54, 1.807) is 29.2 Å². The van der Waals surface area contributed by atoms with Gasteiger partial charge >= 0.3 is 0 Å². The van der Waals surface area contributed by atoms with Gasteiger partial charge in [-0.15, -0.1) is 0 Å². The van der Waals surface area contributed by atoms with Gasteiger partial charge < -0.3 is 9.88 Å². The third kappa shape index (κ3) is 3.41. The highest BCUT2D eigenvalue weighted by atomic mass is 35.5. The molecule has 0 unspecified atom stereocenters. The van der Waals surface area contributed by atoms with E-state index in [9.17, 15) is 18.4 Å². The number of hydrogen-bond donors (Lipinski definition) is 1. The molecule has 0 fully saturated rings. The molecule has 4 rings (SSSR count). The molecule has 2 heterocycles. The van der Waals surface area contributed by atoms with Gasteiger partial charge in [0, 0.05) is 29.1 Å². The number of halogens is 3. The first kappa shape index (κ1) is 18.3. The molecule has 0 saturated heterocycles. The van der Waals surface area contributed by atoms with E-state index in [2.05, 4.69) is 9.97 Å². The lowest BCUT2D eigenvalue weighted by atomic mass is 10.0. The Balaban J connectivity index is 1.63. The molecule has 142 valence electrons. The van der Waals surface area contributed by atoms with Crippen molar-refractivity contribution in [2.24, 2.45) is 0 Å². The van der Waals surface area contributed by atoms with Crippen LogP contribution in [0.15, 0.2) is 47.3 Å². The van der Waals surface area contributed by atoms with E-state index in [4.69, 9.17) is 11.6 Å². The van der Waals surface area contributed by atoms with Crippen LogP contribution in [0.4, 0.5) is 8.78 Å². The standard InChI is InChI=1S/C20H14ClF2N3O2/c21-13-4-1-11(2-5-13)20(28)26-8-7-17-14(10-26)19(27)25-18(24-17)12-3-6-15(22)16(23)9-12/h1-6,9H,7-8,10H2,(H,24,25,27). The zero-order valence-corrected chi connectivity index (χ0v) is 15.3. The summed E-state index contributed by atoms with van der Waals surface area (Å²) in [6.45, 7) is 0.513. The molecule has 0 spiro atoms. The molecular weight excluding hydrogens is 388 g/mol. The fraction of sp³-hybridized carbons (Fsp3) is 0.150. The number of rotatable bonds is 2. The van der Waals surface area contributed by atoms with E-state index in [0.29, 0.717) is 34.8 Å². The minimum absolute atomic E-state index is 0.122. The third-order valence-electron chi connectivity index (χ3n) is 4.64. The molecule has 28 heavy (non-hydrogen) atoms. The minimum Gasteiger partial charge on any atom is -0.334 e. The Bertz CT molecular complexity index is 1130. The summed E-state index contributed by atoms with van der Waals surface area (Å²) in [5, 5.41) is 0.533. The first-order chi connectivity index (χ1) is 13.4. The second-order valence-electron chi connectivity index (χ2n) is 6.45. The van der Waals surface area contributed by atoms with Gasteiger partial charge in [-0.05, 0) is 42.5 Å². The van der Waals surface area contributed by atoms with E-state index in [-0.39, 0.29) is 23.8 Å². The maximum Gasteiger partial charge on any atom is 0.256 e. The van der Waals surface area contributed by atoms with Gasteiger partial charge in [-0.3, -0.25) is 9.59 Å². The molecule has 1 aliphatic heterocycles. The zero-order chi connectivity index (χ0) is 19.8. The monoisotopic (exact) mass is 401 g/mol. The normalized spacial score (nSPS) is 13.3. The first-order valence-electron chi connectivity index (χ1n) is 8.54. The number of nitrogens with one attached hydrogen (secondary N) is 1. The molecule has 3 aromatic rings. The number of carbonyl (C=O) groups excluding carboxylic acids is 1. The van der Waals surface area contributed by atoms with Crippen molar-refractivity contribution in [1.29, 1.82) is 0 Å². The molecule has 1 N–H and O–H groups in total. The first-order valence-corrected chi connectivity index (χ1v) is 8.92. The molecule has 0 saturated carbocycles. The van der Waals surface area contributed by atoms with Gasteiger partial charge in [0.05, 0.1) is 17.8 Å². The van der Waals surface area contributed by atoms with Crippen molar-refractivity contribution in [3.8, 4) is 11.4 Å². The van der Waals surface area contributed by atoms with Gasteiger partial charge in [0.2, 0.25) is 0 Å². The molecule has 0 atom stereocenters. The number of H-pyrrole nitrogens is 1. The second kappa shape index (κ2) is 7.16. The summed E-state index contributed by atoms with van der Waals surface area (Å²) in [7, 11) is 0. The van der Waals surface area contributed by atoms with Crippen molar-refractivity contribution in [3.63, 3.8) is 0 Å². The summed E-state index contributed by atoms with van der Waals surface area (Å²) < 4.78 is 26.6. The zero-order valence-electron chi connectivity index (χ0n) is 14.5. The Morgan fingerprint density at radius 1 is 1.11 bits per heavy atom. The predicted molar refractivity (Wildman–Crippen MR) is 100 cm³/mol. The van der Waals surface area contributed by atoms with E-state index in [1.165, 1.54) is 6.07 Å². The van der Waals surface area contributed by atoms with Crippen molar-refractivity contribution < 1.29 is 13.6 Å². The number of amides is 1. The lowest BCUT2D eigenvalue weighted by Gasteiger charge is -2.28. The van der Waals surface area contributed by atoms with Gasteiger partial charge in [0.1, 0.15) is 5.82 Å². The van der Waals surface area contributed by atoms with Crippen LogP contribution in [0.1, 0.15) is 21.6 Å². The number of nitrogens with zero attached hydrogens (tertiary/aromatic N) is 2. The van der Waals surface area contributed by atoms with Crippen molar-refractivity contribution in [2.75, 3.05) is 6.54 Å². The largest absolute Gasteiger partial charge is 0.334 e. The summed E-state index contributed by atoms with van der Waals surface area (Å²) in [4.78, 5) is 33.8. The van der Waals surface area contributed by atoms with Crippen LogP contribution in [0.2, 0.25) is 5.02 Å². The van der Waals surface area contributed by atoms with Crippen LogP contribution in [-0.2, 0) is 13.0 Å². The average molecular weight is 402 g/mol. The van der Waals surface area contributed by atoms with Gasteiger partial charge in [-0.25, -0.2) is 13.8 Å². The summed E-state index contributed by atoms with van der Waals surface area (Å²) in [5.41, 5.74) is 1.29. The van der Waals surface area contributed by atoms with Crippen LogP contribution >= 0.6 is 11.6 Å². The number of hydrogen-bond acceptors (Lipinski definition) is 3. The Labute approximate surface area is 163 Å². The smallest absolute Gasteiger partial charge is 0.256 e. The molecule has 0 bridgehead atoms. The van der Waals surface area contributed by atoms with Gasteiger partial charge in [-0.1, -0.05) is 11.6 Å². The summed E-state index contributed by atoms with van der Waals surface area (Å²) in [5.74, 6) is -2.02. The number of aromatic nitrogens is 2. The van der Waals surface area contributed by atoms with Crippen molar-refractivity contribution in [3.05, 3.63) is 86.3 Å². The maximum atomic E-state index is 13.5. The van der Waals surface area contributed by atoms with E-state index < -0.39 is 17.2 Å². The van der Waals surface area contributed by atoms with Crippen LogP contribution in [0.25, 0.3) is 11.4 Å². The molecule has 1 amide bonds. The molecule has 0 radical (unpaired) electrons. The van der Waals surface area contributed by atoms with Gasteiger partial charge in [-0.2, -0.15) is 0 Å². The van der Waals surface area contributed by atoms with E-state index in [1.807, 2.05) is 0 Å². The Kier molecular flexibility index (Phi) is 4.68. The summed E-state index contributed by atoms with van der Waals surface area (Å²) >= 11 is 5.85. The second-order valence-corrected chi connectivity index (χ2v) is 6.89. The van der Waals surface area contributed by atoms with E-state index >= 15 is 0 Å². The number of fused-ring (bicyclic) bond motifs is 1. The Morgan fingerprint density at radius 2 is 1.86 bits per heavy atom. The SMILES string of the molecule is O=C(c1ccc(Cl)cc1)N1CCc2nc(-c3ccc(F)c(F)c3)[nH]c(=O)c2C1. The third-order valence-corrected chi connectivity index (χ3v) is 4.89. The average Bonchev–Trinajstić information content (AvgIpc) is 2.70. The number of aromatic amines is 1. The van der Waals surface area contributed by atoms with Crippen molar-refractivity contribution >= 4 is 17.5 Å². The lowest BCUT2D eigenvalue weighted by molar-refractivity contribution is 0.0732. The molecular formula is C20H14ClF2N3O2. The molecule has 8 heteroatoms. The highest BCUT2D eigenvalue weighted by molar-refractivity contribution is 6.30. The molecule has 5 nitrogen and oxygen atoms in total. The van der Waals surface area contributed by atoms with Gasteiger partial charge in [0.25, 0.3) is 11.5 Å². The van der Waals surface area contributed by atoms with Crippen LogP contribution in [0, 0.1) is 11.6 Å².